The molecule has 1 aromatic heterocycles. The van der Waals surface area contributed by atoms with Crippen molar-refractivity contribution < 1.29 is 9.53 Å². The van der Waals surface area contributed by atoms with Gasteiger partial charge in [0.05, 0.1) is 28.6 Å². The number of rotatable bonds is 9. The average molecular weight is 561 g/mol. The Morgan fingerprint density at radius 3 is 2.47 bits per heavy atom. The Balaban J connectivity index is 1.51. The maximum Gasteiger partial charge on any atom is 0.250 e. The van der Waals surface area contributed by atoms with Crippen LogP contribution in [0.3, 0.4) is 0 Å². The van der Waals surface area contributed by atoms with Crippen LogP contribution in [0.5, 0.6) is 5.75 Å². The number of aromatic nitrogens is 3. The van der Waals surface area contributed by atoms with Crippen LogP contribution in [-0.2, 0) is 4.79 Å². The average Bonchev–Trinajstić information content (AvgIpc) is 3.30. The number of carbonyl (C=O) groups excluding carboxylic acids is 1. The molecule has 184 valence electrons. The van der Waals surface area contributed by atoms with E-state index in [2.05, 4.69) is 20.7 Å². The number of nitrogens with one attached hydrogen (secondary N) is 1. The highest BCUT2D eigenvalue weighted by Gasteiger charge is 2.17. The lowest BCUT2D eigenvalue weighted by molar-refractivity contribution is -0.118. The van der Waals surface area contributed by atoms with Gasteiger partial charge in [-0.2, -0.15) is 5.10 Å². The van der Waals surface area contributed by atoms with Crippen LogP contribution >= 0.6 is 46.6 Å². The zero-order chi connectivity index (χ0) is 25.5. The summed E-state index contributed by atoms with van der Waals surface area (Å²) in [6.07, 6.45) is 1.49. The fourth-order valence-corrected chi connectivity index (χ4v) is 4.35. The lowest BCUT2D eigenvalue weighted by Gasteiger charge is -2.11. The fraction of sp³-hybridized carbons (Fsp3) is 0.120. The van der Waals surface area contributed by atoms with Gasteiger partial charge in [-0.1, -0.05) is 52.6 Å². The van der Waals surface area contributed by atoms with Crippen molar-refractivity contribution in [2.24, 2.45) is 5.10 Å². The maximum atomic E-state index is 12.4. The number of ether oxygens (including phenoxy) is 1. The van der Waals surface area contributed by atoms with Gasteiger partial charge in [0, 0.05) is 16.3 Å². The van der Waals surface area contributed by atoms with Crippen molar-refractivity contribution in [1.82, 2.24) is 20.2 Å². The van der Waals surface area contributed by atoms with Crippen LogP contribution in [0.1, 0.15) is 12.5 Å². The van der Waals surface area contributed by atoms with E-state index in [1.807, 2.05) is 47.9 Å². The molecule has 0 aliphatic rings. The van der Waals surface area contributed by atoms with E-state index in [1.54, 1.807) is 30.3 Å². The summed E-state index contributed by atoms with van der Waals surface area (Å²) in [5.74, 6) is 1.16. The molecule has 0 spiro atoms. The summed E-state index contributed by atoms with van der Waals surface area (Å²) >= 11 is 19.2. The Bertz CT molecular complexity index is 1380. The predicted molar refractivity (Wildman–Crippen MR) is 146 cm³/mol. The molecule has 0 radical (unpaired) electrons. The van der Waals surface area contributed by atoms with Crippen LogP contribution in [0, 0.1) is 0 Å². The first-order valence-corrected chi connectivity index (χ1v) is 12.9. The molecule has 0 aliphatic carbocycles. The van der Waals surface area contributed by atoms with Gasteiger partial charge in [-0.3, -0.25) is 9.36 Å². The van der Waals surface area contributed by atoms with Crippen molar-refractivity contribution in [3.8, 4) is 22.8 Å². The standard InChI is InChI=1S/C25H20Cl3N5O2S/c1-2-35-20-10-8-19(9-11-20)33-24(17-4-6-18(26)7-5-17)31-32-25(33)36-15-23(34)30-29-14-16-3-12-21(27)22(28)13-16/h3-14H,2,15H2,1H3,(H,30,34)/b29-14+. The lowest BCUT2D eigenvalue weighted by Crippen LogP contribution is -2.20. The van der Waals surface area contributed by atoms with Crippen molar-refractivity contribution in [3.63, 3.8) is 0 Å². The molecule has 1 heterocycles. The zero-order valence-electron chi connectivity index (χ0n) is 19.0. The van der Waals surface area contributed by atoms with Crippen LogP contribution in [0.2, 0.25) is 15.1 Å². The van der Waals surface area contributed by atoms with E-state index < -0.39 is 0 Å². The molecule has 4 aromatic rings. The first-order valence-electron chi connectivity index (χ1n) is 10.8. The molecule has 7 nitrogen and oxygen atoms in total. The van der Waals surface area contributed by atoms with Gasteiger partial charge in [0.15, 0.2) is 11.0 Å². The SMILES string of the molecule is CCOc1ccc(-n2c(SCC(=O)N/N=C/c3ccc(Cl)c(Cl)c3)nnc2-c2ccc(Cl)cc2)cc1. The van der Waals surface area contributed by atoms with Crippen molar-refractivity contribution in [2.75, 3.05) is 12.4 Å². The molecule has 3 aromatic carbocycles. The molecule has 1 amide bonds. The summed E-state index contributed by atoms with van der Waals surface area (Å²) in [7, 11) is 0. The molecule has 36 heavy (non-hydrogen) atoms. The Labute approximate surface area is 227 Å². The molecule has 0 saturated carbocycles. The molecule has 4 rings (SSSR count). The highest BCUT2D eigenvalue weighted by molar-refractivity contribution is 7.99. The summed E-state index contributed by atoms with van der Waals surface area (Å²) in [6.45, 7) is 2.51. The van der Waals surface area contributed by atoms with Crippen molar-refractivity contribution in [1.29, 1.82) is 0 Å². The largest absolute Gasteiger partial charge is 0.494 e. The van der Waals surface area contributed by atoms with Crippen LogP contribution in [-0.4, -0.2) is 39.2 Å². The van der Waals surface area contributed by atoms with E-state index in [-0.39, 0.29) is 11.7 Å². The highest BCUT2D eigenvalue weighted by Crippen LogP contribution is 2.29. The monoisotopic (exact) mass is 559 g/mol. The minimum Gasteiger partial charge on any atom is -0.494 e. The predicted octanol–water partition coefficient (Wildman–Crippen LogP) is 6.54. The van der Waals surface area contributed by atoms with Gasteiger partial charge in [-0.05, 0) is 73.2 Å². The number of nitrogens with zero attached hydrogens (tertiary/aromatic N) is 4. The van der Waals surface area contributed by atoms with Crippen LogP contribution < -0.4 is 10.2 Å². The summed E-state index contributed by atoms with van der Waals surface area (Å²) in [5.41, 5.74) is 4.88. The van der Waals surface area contributed by atoms with Crippen LogP contribution in [0.4, 0.5) is 0 Å². The first-order chi connectivity index (χ1) is 17.4. The molecule has 0 fully saturated rings. The maximum absolute atomic E-state index is 12.4. The Kier molecular flexibility index (Phi) is 8.88. The minimum atomic E-state index is -0.300. The van der Waals surface area contributed by atoms with Gasteiger partial charge in [-0.15, -0.1) is 10.2 Å². The second-order valence-corrected chi connectivity index (χ2v) is 9.52. The van der Waals surface area contributed by atoms with E-state index in [0.717, 1.165) is 17.0 Å². The van der Waals surface area contributed by atoms with Crippen molar-refractivity contribution in [2.45, 2.75) is 12.1 Å². The quantitative estimate of drug-likeness (QED) is 0.143. The van der Waals surface area contributed by atoms with Crippen LogP contribution in [0.15, 0.2) is 77.0 Å². The van der Waals surface area contributed by atoms with Gasteiger partial charge in [0.1, 0.15) is 5.75 Å². The summed E-state index contributed by atoms with van der Waals surface area (Å²) < 4.78 is 7.44. The number of benzene rings is 3. The zero-order valence-corrected chi connectivity index (χ0v) is 22.1. The summed E-state index contributed by atoms with van der Waals surface area (Å²) in [6, 6.07) is 20.0. The lowest BCUT2D eigenvalue weighted by atomic mass is 10.2. The number of thioether (sulfide) groups is 1. The van der Waals surface area contributed by atoms with Crippen LogP contribution in [0.25, 0.3) is 17.1 Å². The smallest absolute Gasteiger partial charge is 0.250 e. The van der Waals surface area contributed by atoms with E-state index >= 15 is 0 Å². The molecule has 0 unspecified atom stereocenters. The Hall–Kier alpha value is -3.04. The summed E-state index contributed by atoms with van der Waals surface area (Å²) in [5, 5.41) is 14.7. The highest BCUT2D eigenvalue weighted by atomic mass is 35.5. The van der Waals surface area contributed by atoms with Gasteiger partial charge >= 0.3 is 0 Å². The number of hydrazone groups is 1. The fourth-order valence-electron chi connectivity index (χ4n) is 3.17. The Morgan fingerprint density at radius 2 is 1.78 bits per heavy atom. The third-order valence-corrected chi connectivity index (χ3v) is 6.74. The second kappa shape index (κ2) is 12.3. The van der Waals surface area contributed by atoms with Gasteiger partial charge < -0.3 is 4.74 Å². The number of halogens is 3. The van der Waals surface area contributed by atoms with E-state index in [4.69, 9.17) is 39.5 Å². The van der Waals surface area contributed by atoms with Crippen molar-refractivity contribution >= 4 is 58.7 Å². The molecular formula is C25H20Cl3N5O2S. The summed E-state index contributed by atoms with van der Waals surface area (Å²) in [4.78, 5) is 12.4. The number of hydrogen-bond donors (Lipinski definition) is 1. The molecular weight excluding hydrogens is 541 g/mol. The molecule has 0 bridgehead atoms. The van der Waals surface area contributed by atoms with E-state index in [0.29, 0.717) is 38.2 Å². The van der Waals surface area contributed by atoms with Gasteiger partial charge in [0.2, 0.25) is 0 Å². The topological polar surface area (TPSA) is 81.4 Å². The molecule has 11 heteroatoms. The molecule has 0 saturated heterocycles. The van der Waals surface area contributed by atoms with Crippen molar-refractivity contribution in [3.05, 3.63) is 87.4 Å². The number of carbonyl (C=O) groups is 1. The van der Waals surface area contributed by atoms with Gasteiger partial charge in [-0.25, -0.2) is 5.43 Å². The Morgan fingerprint density at radius 1 is 1.03 bits per heavy atom. The molecule has 1 N–H and O–H groups in total. The third-order valence-electron chi connectivity index (χ3n) is 4.82. The normalized spacial score (nSPS) is 11.1. The number of amides is 1. The molecule has 0 atom stereocenters. The first kappa shape index (κ1) is 26.0. The number of hydrogen-bond acceptors (Lipinski definition) is 6. The molecule has 0 aliphatic heterocycles. The third kappa shape index (κ3) is 6.59. The van der Waals surface area contributed by atoms with E-state index in [9.17, 15) is 4.79 Å². The second-order valence-electron chi connectivity index (χ2n) is 7.33. The van der Waals surface area contributed by atoms with Gasteiger partial charge in [0.25, 0.3) is 5.91 Å². The minimum absolute atomic E-state index is 0.0779. The van der Waals surface area contributed by atoms with E-state index in [1.165, 1.54) is 18.0 Å².